The van der Waals surface area contributed by atoms with Crippen molar-refractivity contribution in [2.45, 2.75) is 39.2 Å². The fourth-order valence-electron chi connectivity index (χ4n) is 3.21. The Morgan fingerprint density at radius 3 is 2.91 bits per heavy atom. The van der Waals surface area contributed by atoms with Gasteiger partial charge in [-0.1, -0.05) is 29.8 Å². The molecule has 1 saturated heterocycles. The Morgan fingerprint density at radius 2 is 2.17 bits per heavy atom. The highest BCUT2D eigenvalue weighted by Crippen LogP contribution is 2.30. The molecule has 0 bridgehead atoms. The fraction of sp³-hybridized carbons (Fsp3) is 0.389. The van der Waals surface area contributed by atoms with Crippen LogP contribution in [0.5, 0.6) is 0 Å². The van der Waals surface area contributed by atoms with E-state index in [9.17, 15) is 9.59 Å². The molecule has 5 nitrogen and oxygen atoms in total. The van der Waals surface area contributed by atoms with Crippen LogP contribution in [0.3, 0.4) is 0 Å². The second-order valence-electron chi connectivity index (χ2n) is 6.18. The number of carbonyl (C=O) groups excluding carboxylic acids is 1. The van der Waals surface area contributed by atoms with Gasteiger partial charge in [-0.2, -0.15) is 0 Å². The van der Waals surface area contributed by atoms with Crippen molar-refractivity contribution >= 4 is 5.91 Å². The van der Waals surface area contributed by atoms with Gasteiger partial charge in [0.05, 0.1) is 12.5 Å². The van der Waals surface area contributed by atoms with Gasteiger partial charge in [0.15, 0.2) is 0 Å². The summed E-state index contributed by atoms with van der Waals surface area (Å²) >= 11 is 0. The van der Waals surface area contributed by atoms with E-state index in [2.05, 4.69) is 9.97 Å². The molecule has 1 aliphatic heterocycles. The van der Waals surface area contributed by atoms with Gasteiger partial charge in [-0.3, -0.25) is 9.59 Å². The molecule has 1 amide bonds. The van der Waals surface area contributed by atoms with Crippen molar-refractivity contribution in [2.24, 2.45) is 0 Å². The second-order valence-corrected chi connectivity index (χ2v) is 6.18. The lowest BCUT2D eigenvalue weighted by Crippen LogP contribution is -2.33. The molecule has 23 heavy (non-hydrogen) atoms. The average molecular weight is 311 g/mol. The van der Waals surface area contributed by atoms with Gasteiger partial charge in [-0.05, 0) is 32.3 Å². The number of aromatic amines is 1. The van der Waals surface area contributed by atoms with Crippen molar-refractivity contribution in [2.75, 3.05) is 6.54 Å². The van der Waals surface area contributed by atoms with Gasteiger partial charge in [0, 0.05) is 18.3 Å². The minimum atomic E-state index is -0.162. The molecule has 0 spiro atoms. The van der Waals surface area contributed by atoms with Gasteiger partial charge < -0.3 is 9.88 Å². The maximum Gasteiger partial charge on any atom is 0.251 e. The van der Waals surface area contributed by atoms with Crippen LogP contribution in [0.4, 0.5) is 0 Å². The van der Waals surface area contributed by atoms with E-state index >= 15 is 0 Å². The van der Waals surface area contributed by atoms with Crippen LogP contribution < -0.4 is 5.56 Å². The molecule has 0 radical (unpaired) electrons. The Balaban J connectivity index is 1.80. The molecular weight excluding hydrogens is 290 g/mol. The summed E-state index contributed by atoms with van der Waals surface area (Å²) in [6.07, 6.45) is 2.15. The minimum absolute atomic E-state index is 0.0854. The first kappa shape index (κ1) is 15.5. The smallest absolute Gasteiger partial charge is 0.251 e. The van der Waals surface area contributed by atoms with Crippen LogP contribution in [0.15, 0.2) is 35.1 Å². The fourth-order valence-corrected chi connectivity index (χ4v) is 3.21. The van der Waals surface area contributed by atoms with Crippen LogP contribution >= 0.6 is 0 Å². The average Bonchev–Trinajstić information content (AvgIpc) is 2.95. The number of nitrogens with one attached hydrogen (secondary N) is 1. The Labute approximate surface area is 135 Å². The van der Waals surface area contributed by atoms with E-state index in [4.69, 9.17) is 0 Å². The minimum Gasteiger partial charge on any atom is -0.332 e. The summed E-state index contributed by atoms with van der Waals surface area (Å²) in [4.78, 5) is 33.4. The third-order valence-corrected chi connectivity index (χ3v) is 4.21. The number of hydrogen-bond acceptors (Lipinski definition) is 3. The second kappa shape index (κ2) is 6.36. The molecule has 1 aromatic heterocycles. The standard InChI is InChI=1S/C18H21N3O2/c1-12-5-3-6-14(9-12)11-17(23)21-8-4-7-15(21)18-19-13(2)10-16(22)20-18/h3,5-6,9-10,15H,4,7-8,11H2,1-2H3,(H,19,20,22)/t15-/m1/s1. The van der Waals surface area contributed by atoms with Crippen molar-refractivity contribution in [3.05, 3.63) is 63.3 Å². The van der Waals surface area contributed by atoms with Crippen molar-refractivity contribution in [3.63, 3.8) is 0 Å². The highest BCUT2D eigenvalue weighted by Gasteiger charge is 2.31. The van der Waals surface area contributed by atoms with Crippen LogP contribution in [0, 0.1) is 13.8 Å². The zero-order valence-corrected chi connectivity index (χ0v) is 13.5. The van der Waals surface area contributed by atoms with Crippen LogP contribution in [-0.4, -0.2) is 27.3 Å². The third-order valence-electron chi connectivity index (χ3n) is 4.21. The maximum absolute atomic E-state index is 12.7. The first-order valence-corrected chi connectivity index (χ1v) is 7.96. The molecule has 3 rings (SSSR count). The molecule has 0 aliphatic carbocycles. The lowest BCUT2D eigenvalue weighted by atomic mass is 10.1. The first-order valence-electron chi connectivity index (χ1n) is 7.96. The van der Waals surface area contributed by atoms with Gasteiger partial charge >= 0.3 is 0 Å². The number of amides is 1. The maximum atomic E-state index is 12.7. The molecule has 2 heterocycles. The first-order chi connectivity index (χ1) is 11.0. The zero-order valence-electron chi connectivity index (χ0n) is 13.5. The summed E-state index contributed by atoms with van der Waals surface area (Å²) in [7, 11) is 0. The van der Waals surface area contributed by atoms with E-state index in [-0.39, 0.29) is 17.5 Å². The Hall–Kier alpha value is -2.43. The normalized spacial score (nSPS) is 17.5. The predicted molar refractivity (Wildman–Crippen MR) is 88.2 cm³/mol. The molecular formula is C18H21N3O2. The van der Waals surface area contributed by atoms with E-state index in [1.54, 1.807) is 6.92 Å². The monoisotopic (exact) mass is 311 g/mol. The summed E-state index contributed by atoms with van der Waals surface area (Å²) in [6, 6.07) is 9.35. The Bertz CT molecular complexity index is 782. The molecule has 2 aromatic rings. The van der Waals surface area contributed by atoms with Crippen molar-refractivity contribution in [1.82, 2.24) is 14.9 Å². The van der Waals surface area contributed by atoms with Crippen molar-refractivity contribution in [3.8, 4) is 0 Å². The van der Waals surface area contributed by atoms with Crippen LogP contribution in [0.1, 0.15) is 41.5 Å². The zero-order chi connectivity index (χ0) is 16.4. The SMILES string of the molecule is Cc1cccc(CC(=O)N2CCC[C@@H]2c2nc(C)cc(=O)[nH]2)c1. The molecule has 1 atom stereocenters. The summed E-state index contributed by atoms with van der Waals surface area (Å²) < 4.78 is 0. The molecule has 5 heteroatoms. The number of benzene rings is 1. The summed E-state index contributed by atoms with van der Waals surface area (Å²) in [5.74, 6) is 0.687. The largest absolute Gasteiger partial charge is 0.332 e. The quantitative estimate of drug-likeness (QED) is 0.946. The number of likely N-dealkylation sites (tertiary alicyclic amines) is 1. The van der Waals surface area contributed by atoms with Gasteiger partial charge in [-0.15, -0.1) is 0 Å². The van der Waals surface area contributed by atoms with Crippen LogP contribution in [0.25, 0.3) is 0 Å². The molecule has 1 N–H and O–H groups in total. The van der Waals surface area contributed by atoms with E-state index in [1.807, 2.05) is 36.1 Å². The number of carbonyl (C=O) groups is 1. The van der Waals surface area contributed by atoms with Gasteiger partial charge in [0.1, 0.15) is 5.82 Å². The van der Waals surface area contributed by atoms with Crippen LogP contribution in [-0.2, 0) is 11.2 Å². The summed E-state index contributed by atoms with van der Waals surface area (Å²) in [6.45, 7) is 4.54. The number of aromatic nitrogens is 2. The van der Waals surface area contributed by atoms with E-state index in [1.165, 1.54) is 6.07 Å². The van der Waals surface area contributed by atoms with Gasteiger partial charge in [0.2, 0.25) is 5.91 Å². The van der Waals surface area contributed by atoms with Crippen molar-refractivity contribution < 1.29 is 4.79 Å². The molecule has 1 aliphatic rings. The molecule has 0 unspecified atom stereocenters. The molecule has 120 valence electrons. The lowest BCUT2D eigenvalue weighted by molar-refractivity contribution is -0.131. The van der Waals surface area contributed by atoms with Gasteiger partial charge in [0.25, 0.3) is 5.56 Å². The van der Waals surface area contributed by atoms with E-state index < -0.39 is 0 Å². The van der Waals surface area contributed by atoms with Crippen molar-refractivity contribution in [1.29, 1.82) is 0 Å². The molecule has 1 fully saturated rings. The van der Waals surface area contributed by atoms with E-state index in [0.29, 0.717) is 24.5 Å². The predicted octanol–water partition coefficient (Wildman–Crippen LogP) is 2.29. The van der Waals surface area contributed by atoms with Crippen LogP contribution in [0.2, 0.25) is 0 Å². The summed E-state index contributed by atoms with van der Waals surface area (Å²) in [5.41, 5.74) is 2.69. The number of hydrogen-bond donors (Lipinski definition) is 1. The topological polar surface area (TPSA) is 66.1 Å². The highest BCUT2D eigenvalue weighted by atomic mass is 16.2. The number of aryl methyl sites for hydroxylation is 2. The van der Waals surface area contributed by atoms with Gasteiger partial charge in [-0.25, -0.2) is 4.98 Å². The highest BCUT2D eigenvalue weighted by molar-refractivity contribution is 5.79. The Kier molecular flexibility index (Phi) is 4.28. The molecule has 0 saturated carbocycles. The van der Waals surface area contributed by atoms with E-state index in [0.717, 1.165) is 24.0 Å². The number of H-pyrrole nitrogens is 1. The number of nitrogens with zero attached hydrogens (tertiary/aromatic N) is 2. The lowest BCUT2D eigenvalue weighted by Gasteiger charge is -2.24. The molecule has 1 aromatic carbocycles. The number of rotatable bonds is 3. The third kappa shape index (κ3) is 3.50. The summed E-state index contributed by atoms with van der Waals surface area (Å²) in [5, 5.41) is 0. The Morgan fingerprint density at radius 1 is 1.35 bits per heavy atom.